The predicted octanol–water partition coefficient (Wildman–Crippen LogP) is 6.54. The van der Waals surface area contributed by atoms with Gasteiger partial charge in [-0.15, -0.1) is 0 Å². The van der Waals surface area contributed by atoms with Crippen LogP contribution in [0, 0.1) is 0 Å². The van der Waals surface area contributed by atoms with Gasteiger partial charge in [-0.1, -0.05) is 0 Å². The van der Waals surface area contributed by atoms with Crippen LogP contribution in [0.1, 0.15) is 104 Å². The van der Waals surface area contributed by atoms with Crippen molar-refractivity contribution < 1.29 is 3.07 Å². The quantitative estimate of drug-likeness (QED) is 0.215. The molecule has 20 heavy (non-hydrogen) atoms. The molecule has 2 heteroatoms. The summed E-state index contributed by atoms with van der Waals surface area (Å²) < 4.78 is 7.08. The molecule has 0 heterocycles. The average molecular weight is 389 g/mol. The summed E-state index contributed by atoms with van der Waals surface area (Å²) in [5.41, 5.74) is 0. The number of unbranched alkanes of at least 4 members (excludes halogenated alkanes) is 8. The van der Waals surface area contributed by atoms with E-state index in [2.05, 4.69) is 20.8 Å². The number of hydrogen-bond donors (Lipinski definition) is 0. The standard InChI is InChI=1S/C9H19O.C9H19.Sn/c1-2-3-4-5-6-7-8-9-10;1-3-5-7-9-8-6-4-2;/h2-9H2,1H3;9H,3-8H2,1-2H3;/q-1;;+1. The monoisotopic (exact) mass is 390 g/mol. The molecule has 0 spiro atoms. The summed E-state index contributed by atoms with van der Waals surface area (Å²) in [6, 6.07) is 0. The van der Waals surface area contributed by atoms with Crippen molar-refractivity contribution in [1.29, 1.82) is 0 Å². The maximum atomic E-state index is 6.09. The summed E-state index contributed by atoms with van der Waals surface area (Å²) in [7, 11) is 0. The van der Waals surface area contributed by atoms with E-state index in [0.29, 0.717) is 0 Å². The van der Waals surface area contributed by atoms with Crippen LogP contribution in [0.3, 0.4) is 0 Å². The van der Waals surface area contributed by atoms with Gasteiger partial charge >= 0.3 is 139 Å². The van der Waals surface area contributed by atoms with Crippen molar-refractivity contribution in [2.45, 2.75) is 108 Å². The summed E-state index contributed by atoms with van der Waals surface area (Å²) in [5.74, 6) is 0. The molecule has 0 aromatic heterocycles. The Labute approximate surface area is 139 Å². The van der Waals surface area contributed by atoms with Crippen molar-refractivity contribution in [2.24, 2.45) is 0 Å². The molecule has 0 rings (SSSR count). The SMILES string of the molecule is CCCCCCCCC[O][Sn][CH](CCCC)CCCC. The molecular formula is C18H38OSn. The van der Waals surface area contributed by atoms with Gasteiger partial charge in [-0.25, -0.2) is 0 Å². The molecular weight excluding hydrogens is 351 g/mol. The van der Waals surface area contributed by atoms with Crippen molar-refractivity contribution in [2.75, 3.05) is 6.61 Å². The molecule has 0 saturated carbocycles. The van der Waals surface area contributed by atoms with Gasteiger partial charge in [0.15, 0.2) is 0 Å². The first-order chi connectivity index (χ1) is 9.85. The average Bonchev–Trinajstić information content (AvgIpc) is 2.47. The van der Waals surface area contributed by atoms with E-state index in [4.69, 9.17) is 3.07 Å². The molecule has 0 fully saturated rings. The Hall–Kier alpha value is 0.759. The van der Waals surface area contributed by atoms with Crippen LogP contribution in [0.25, 0.3) is 0 Å². The Morgan fingerprint density at radius 3 is 1.70 bits per heavy atom. The third-order valence-electron chi connectivity index (χ3n) is 3.91. The van der Waals surface area contributed by atoms with E-state index in [1.54, 1.807) is 0 Å². The van der Waals surface area contributed by atoms with Crippen LogP contribution in [-0.4, -0.2) is 28.2 Å². The van der Waals surface area contributed by atoms with Gasteiger partial charge in [0.05, 0.1) is 0 Å². The molecule has 0 amide bonds. The third kappa shape index (κ3) is 15.2. The van der Waals surface area contributed by atoms with E-state index in [1.807, 2.05) is 0 Å². The summed E-state index contributed by atoms with van der Waals surface area (Å²) in [5, 5.41) is 0. The van der Waals surface area contributed by atoms with Crippen LogP contribution < -0.4 is 0 Å². The molecule has 1 nitrogen and oxygen atoms in total. The molecule has 0 aliphatic carbocycles. The first kappa shape index (κ1) is 20.8. The predicted molar refractivity (Wildman–Crippen MR) is 92.5 cm³/mol. The first-order valence-corrected chi connectivity index (χ1v) is 12.0. The fourth-order valence-electron chi connectivity index (χ4n) is 2.47. The van der Waals surface area contributed by atoms with Gasteiger partial charge in [0, 0.05) is 0 Å². The van der Waals surface area contributed by atoms with E-state index < -0.39 is 21.6 Å². The van der Waals surface area contributed by atoms with Crippen molar-refractivity contribution in [1.82, 2.24) is 0 Å². The van der Waals surface area contributed by atoms with Gasteiger partial charge in [-0.3, -0.25) is 0 Å². The van der Waals surface area contributed by atoms with Crippen molar-refractivity contribution in [3.8, 4) is 0 Å². The van der Waals surface area contributed by atoms with E-state index >= 15 is 0 Å². The molecule has 2 radical (unpaired) electrons. The minimum atomic E-state index is -0.548. The zero-order valence-corrected chi connectivity index (χ0v) is 17.2. The van der Waals surface area contributed by atoms with Gasteiger partial charge < -0.3 is 0 Å². The molecule has 0 aliphatic rings. The maximum absolute atomic E-state index is 6.09. The molecule has 0 aromatic carbocycles. The normalized spacial score (nSPS) is 11.4. The van der Waals surface area contributed by atoms with Gasteiger partial charge in [0.25, 0.3) is 0 Å². The van der Waals surface area contributed by atoms with Crippen molar-refractivity contribution >= 4 is 21.6 Å². The second kappa shape index (κ2) is 17.8. The second-order valence-electron chi connectivity index (χ2n) is 6.07. The van der Waals surface area contributed by atoms with Crippen LogP contribution in [0.5, 0.6) is 0 Å². The molecule has 120 valence electrons. The summed E-state index contributed by atoms with van der Waals surface area (Å²) >= 11 is -0.548. The Balaban J connectivity index is 3.38. The Kier molecular flexibility index (Phi) is 18.5. The van der Waals surface area contributed by atoms with Crippen LogP contribution in [0.4, 0.5) is 0 Å². The summed E-state index contributed by atoms with van der Waals surface area (Å²) in [6.45, 7) is 7.96. The molecule has 0 atom stereocenters. The number of rotatable bonds is 16. The molecule has 0 aromatic rings. The minimum absolute atomic E-state index is 0.548. The van der Waals surface area contributed by atoms with E-state index in [0.717, 1.165) is 10.5 Å². The second-order valence-corrected chi connectivity index (χ2v) is 9.90. The molecule has 0 bridgehead atoms. The zero-order chi connectivity index (χ0) is 14.9. The Bertz CT molecular complexity index is 165. The zero-order valence-electron chi connectivity index (χ0n) is 14.4. The van der Waals surface area contributed by atoms with Crippen LogP contribution in [0.2, 0.25) is 3.93 Å². The Morgan fingerprint density at radius 1 is 0.650 bits per heavy atom. The van der Waals surface area contributed by atoms with E-state index in [1.165, 1.54) is 83.5 Å². The summed E-state index contributed by atoms with van der Waals surface area (Å²) in [6.07, 6.45) is 18.2. The molecule has 0 aliphatic heterocycles. The third-order valence-corrected chi connectivity index (χ3v) is 7.57. The van der Waals surface area contributed by atoms with Gasteiger partial charge in [0.1, 0.15) is 0 Å². The number of hydrogen-bond acceptors (Lipinski definition) is 1. The van der Waals surface area contributed by atoms with Gasteiger partial charge in [0.2, 0.25) is 0 Å². The van der Waals surface area contributed by atoms with Crippen molar-refractivity contribution in [3.63, 3.8) is 0 Å². The molecule has 0 N–H and O–H groups in total. The fourth-order valence-corrected chi connectivity index (χ4v) is 5.73. The van der Waals surface area contributed by atoms with E-state index in [9.17, 15) is 0 Å². The Morgan fingerprint density at radius 2 is 1.15 bits per heavy atom. The molecule has 0 saturated heterocycles. The fraction of sp³-hybridized carbons (Fsp3) is 1.00. The van der Waals surface area contributed by atoms with Crippen LogP contribution >= 0.6 is 0 Å². The first-order valence-electron chi connectivity index (χ1n) is 9.22. The molecule has 0 unspecified atom stereocenters. The van der Waals surface area contributed by atoms with Crippen LogP contribution in [0.15, 0.2) is 0 Å². The van der Waals surface area contributed by atoms with Crippen molar-refractivity contribution in [3.05, 3.63) is 0 Å². The van der Waals surface area contributed by atoms with E-state index in [-0.39, 0.29) is 0 Å². The van der Waals surface area contributed by atoms with Gasteiger partial charge in [-0.2, -0.15) is 0 Å². The topological polar surface area (TPSA) is 9.23 Å². The summed E-state index contributed by atoms with van der Waals surface area (Å²) in [4.78, 5) is 0. The van der Waals surface area contributed by atoms with Gasteiger partial charge in [-0.05, 0) is 0 Å². The van der Waals surface area contributed by atoms with Crippen LogP contribution in [-0.2, 0) is 3.07 Å².